The van der Waals surface area contributed by atoms with E-state index in [-0.39, 0.29) is 12.5 Å². The van der Waals surface area contributed by atoms with Gasteiger partial charge in [-0.15, -0.1) is 0 Å². The number of ether oxygens (including phenoxy) is 1. The van der Waals surface area contributed by atoms with E-state index in [0.717, 1.165) is 0 Å². The van der Waals surface area contributed by atoms with Crippen LogP contribution in [0.4, 0.5) is 11.4 Å². The number of hydrogen-bond donors (Lipinski definition) is 1. The molecule has 0 atom stereocenters. The third-order valence-electron chi connectivity index (χ3n) is 2.97. The number of carbonyl (C=O) groups excluding carboxylic acids is 2. The summed E-state index contributed by atoms with van der Waals surface area (Å²) in [6.45, 7) is 2.70. The summed E-state index contributed by atoms with van der Waals surface area (Å²) in [5, 5.41) is 0. The van der Waals surface area contributed by atoms with Crippen molar-refractivity contribution < 1.29 is 14.3 Å². The largest absolute Gasteiger partial charge is 0.465 e. The maximum atomic E-state index is 11.8. The van der Waals surface area contributed by atoms with Crippen LogP contribution in [0.5, 0.6) is 0 Å². The second-order valence-corrected chi connectivity index (χ2v) is 4.57. The van der Waals surface area contributed by atoms with Gasteiger partial charge >= 0.3 is 5.97 Å². The Morgan fingerprint density at radius 1 is 1.30 bits per heavy atom. The number of nitrogens with zero attached hydrogens (tertiary/aromatic N) is 2. The molecule has 0 unspecified atom stereocenters. The van der Waals surface area contributed by atoms with Crippen LogP contribution in [-0.4, -0.2) is 51.1 Å². The number of benzene rings is 1. The lowest BCUT2D eigenvalue weighted by atomic mass is 10.1. The van der Waals surface area contributed by atoms with E-state index < -0.39 is 5.97 Å². The van der Waals surface area contributed by atoms with Crippen molar-refractivity contribution in [3.05, 3.63) is 23.8 Å². The first-order valence-corrected chi connectivity index (χ1v) is 6.33. The van der Waals surface area contributed by atoms with Crippen molar-refractivity contribution in [2.45, 2.75) is 6.92 Å². The van der Waals surface area contributed by atoms with E-state index in [1.165, 1.54) is 12.0 Å². The van der Waals surface area contributed by atoms with Crippen LogP contribution in [0, 0.1) is 0 Å². The topological polar surface area (TPSA) is 75.9 Å². The maximum absolute atomic E-state index is 11.8. The number of carbonyl (C=O) groups is 2. The normalized spacial score (nSPS) is 10.0. The van der Waals surface area contributed by atoms with Gasteiger partial charge in [-0.1, -0.05) is 0 Å². The zero-order valence-corrected chi connectivity index (χ0v) is 12.3. The van der Waals surface area contributed by atoms with Gasteiger partial charge in [-0.25, -0.2) is 4.79 Å². The molecule has 2 N–H and O–H groups in total. The van der Waals surface area contributed by atoms with Gasteiger partial charge in [0.2, 0.25) is 5.91 Å². The summed E-state index contributed by atoms with van der Waals surface area (Å²) in [4.78, 5) is 27.0. The molecule has 20 heavy (non-hydrogen) atoms. The highest BCUT2D eigenvalue weighted by atomic mass is 16.5. The molecule has 0 saturated carbocycles. The fourth-order valence-corrected chi connectivity index (χ4v) is 1.77. The number of rotatable bonds is 5. The molecule has 0 aromatic heterocycles. The first kappa shape index (κ1) is 15.8. The first-order valence-electron chi connectivity index (χ1n) is 6.33. The van der Waals surface area contributed by atoms with Gasteiger partial charge in [-0.2, -0.15) is 0 Å². The third-order valence-corrected chi connectivity index (χ3v) is 2.97. The van der Waals surface area contributed by atoms with Gasteiger partial charge in [0.1, 0.15) is 0 Å². The van der Waals surface area contributed by atoms with E-state index in [4.69, 9.17) is 10.5 Å². The molecule has 1 rings (SSSR count). The zero-order valence-electron chi connectivity index (χ0n) is 12.3. The lowest BCUT2D eigenvalue weighted by molar-refractivity contribution is -0.127. The van der Waals surface area contributed by atoms with E-state index in [2.05, 4.69) is 0 Å². The van der Waals surface area contributed by atoms with Crippen LogP contribution in [-0.2, 0) is 9.53 Å². The van der Waals surface area contributed by atoms with Crippen molar-refractivity contribution in [3.8, 4) is 0 Å². The molecule has 1 amide bonds. The molecule has 0 heterocycles. The molecule has 0 aliphatic rings. The number of esters is 1. The van der Waals surface area contributed by atoms with Crippen LogP contribution >= 0.6 is 0 Å². The summed E-state index contributed by atoms with van der Waals surface area (Å²) in [6.07, 6.45) is 0. The second-order valence-electron chi connectivity index (χ2n) is 4.57. The summed E-state index contributed by atoms with van der Waals surface area (Å²) in [7, 11) is 4.71. The molecule has 0 bridgehead atoms. The average Bonchev–Trinajstić information content (AvgIpc) is 2.43. The Morgan fingerprint density at radius 2 is 1.95 bits per heavy atom. The monoisotopic (exact) mass is 279 g/mol. The van der Waals surface area contributed by atoms with Gasteiger partial charge in [-0.3, -0.25) is 4.79 Å². The summed E-state index contributed by atoms with van der Waals surface area (Å²) in [5.41, 5.74) is 7.19. The molecule has 6 nitrogen and oxygen atoms in total. The van der Waals surface area contributed by atoms with E-state index in [9.17, 15) is 9.59 Å². The Hall–Kier alpha value is -2.24. The number of hydrogen-bond acceptors (Lipinski definition) is 5. The molecule has 1 aromatic rings. The van der Waals surface area contributed by atoms with Gasteiger partial charge in [-0.05, 0) is 25.1 Å². The highest BCUT2D eigenvalue weighted by Crippen LogP contribution is 2.24. The SMILES string of the molecule is CCN(CC(=O)N(C)C)c1ccc(N)cc1C(=O)OC. The summed E-state index contributed by atoms with van der Waals surface area (Å²) in [5.74, 6) is -0.512. The summed E-state index contributed by atoms with van der Waals surface area (Å²) >= 11 is 0. The van der Waals surface area contributed by atoms with E-state index >= 15 is 0 Å². The maximum Gasteiger partial charge on any atom is 0.340 e. The molecular weight excluding hydrogens is 258 g/mol. The van der Waals surface area contributed by atoms with Gasteiger partial charge in [0.25, 0.3) is 0 Å². The predicted molar refractivity (Wildman–Crippen MR) is 78.8 cm³/mol. The minimum Gasteiger partial charge on any atom is -0.465 e. The minimum absolute atomic E-state index is 0.0421. The Bertz CT molecular complexity index is 500. The van der Waals surface area contributed by atoms with Crippen LogP contribution in [0.3, 0.4) is 0 Å². The molecule has 0 fully saturated rings. The Kier molecular flexibility index (Phi) is 5.37. The van der Waals surface area contributed by atoms with Gasteiger partial charge < -0.3 is 20.3 Å². The van der Waals surface area contributed by atoms with Crippen LogP contribution in [0.25, 0.3) is 0 Å². The molecule has 0 radical (unpaired) electrons. The Labute approximate surface area is 119 Å². The second kappa shape index (κ2) is 6.79. The number of likely N-dealkylation sites (N-methyl/N-ethyl adjacent to an activating group) is 2. The highest BCUT2D eigenvalue weighted by molar-refractivity contribution is 5.97. The number of amides is 1. The molecular formula is C14H21N3O3. The lowest BCUT2D eigenvalue weighted by Crippen LogP contribution is -2.37. The van der Waals surface area contributed by atoms with Crippen LogP contribution < -0.4 is 10.6 Å². The number of anilines is 2. The molecule has 0 saturated heterocycles. The number of nitrogens with two attached hydrogens (primary N) is 1. The number of methoxy groups -OCH3 is 1. The fraction of sp³-hybridized carbons (Fsp3) is 0.429. The van der Waals surface area contributed by atoms with Gasteiger partial charge in [0.15, 0.2) is 0 Å². The molecule has 1 aromatic carbocycles. The van der Waals surface area contributed by atoms with E-state index in [1.54, 1.807) is 32.3 Å². The molecule has 0 aliphatic heterocycles. The highest BCUT2D eigenvalue weighted by Gasteiger charge is 2.19. The van der Waals surface area contributed by atoms with Crippen molar-refractivity contribution >= 4 is 23.3 Å². The molecule has 0 aliphatic carbocycles. The predicted octanol–water partition coefficient (Wildman–Crippen LogP) is 0.970. The Morgan fingerprint density at radius 3 is 2.45 bits per heavy atom. The summed E-state index contributed by atoms with van der Waals surface area (Å²) in [6, 6.07) is 4.99. The van der Waals surface area contributed by atoms with Crippen molar-refractivity contribution in [2.24, 2.45) is 0 Å². The van der Waals surface area contributed by atoms with Crippen molar-refractivity contribution in [1.82, 2.24) is 4.90 Å². The molecule has 0 spiro atoms. The van der Waals surface area contributed by atoms with Crippen molar-refractivity contribution in [2.75, 3.05) is 44.9 Å². The quantitative estimate of drug-likeness (QED) is 0.642. The van der Waals surface area contributed by atoms with Gasteiger partial charge in [0, 0.05) is 26.3 Å². The Balaban J connectivity index is 3.14. The van der Waals surface area contributed by atoms with Crippen LogP contribution in [0.1, 0.15) is 17.3 Å². The molecule has 6 heteroatoms. The van der Waals surface area contributed by atoms with Crippen LogP contribution in [0.2, 0.25) is 0 Å². The zero-order chi connectivity index (χ0) is 15.3. The van der Waals surface area contributed by atoms with Crippen molar-refractivity contribution in [3.63, 3.8) is 0 Å². The smallest absolute Gasteiger partial charge is 0.340 e. The van der Waals surface area contributed by atoms with Crippen molar-refractivity contribution in [1.29, 1.82) is 0 Å². The average molecular weight is 279 g/mol. The summed E-state index contributed by atoms with van der Waals surface area (Å²) < 4.78 is 4.76. The van der Waals surface area contributed by atoms with Crippen LogP contribution in [0.15, 0.2) is 18.2 Å². The van der Waals surface area contributed by atoms with Gasteiger partial charge in [0.05, 0.1) is 24.9 Å². The van der Waals surface area contributed by atoms with E-state index in [1.807, 2.05) is 11.8 Å². The number of nitrogen functional groups attached to an aromatic ring is 1. The third kappa shape index (κ3) is 3.63. The first-order chi connectivity index (χ1) is 9.40. The molecule has 110 valence electrons. The minimum atomic E-state index is -0.469. The van der Waals surface area contributed by atoms with E-state index in [0.29, 0.717) is 23.5 Å². The fourth-order valence-electron chi connectivity index (χ4n) is 1.77. The standard InChI is InChI=1S/C14H21N3O3/c1-5-17(9-13(18)16(2)3)12-7-6-10(15)8-11(12)14(19)20-4/h6-8H,5,9,15H2,1-4H3. The lowest BCUT2D eigenvalue weighted by Gasteiger charge is -2.26.